The smallest absolute Gasteiger partial charge is 0.255 e. The van der Waals surface area contributed by atoms with Crippen molar-refractivity contribution in [3.05, 3.63) is 23.3 Å². The van der Waals surface area contributed by atoms with Gasteiger partial charge in [0.05, 0.1) is 6.04 Å². The Labute approximate surface area is 101 Å². The fourth-order valence-electron chi connectivity index (χ4n) is 1.84. The van der Waals surface area contributed by atoms with Gasteiger partial charge in [-0.05, 0) is 25.3 Å². The maximum absolute atomic E-state index is 6.24. The van der Waals surface area contributed by atoms with E-state index in [-0.39, 0.29) is 11.5 Å². The van der Waals surface area contributed by atoms with Crippen LogP contribution < -0.4 is 5.73 Å². The Hall–Kier alpha value is -1.49. The van der Waals surface area contributed by atoms with E-state index in [1.165, 1.54) is 0 Å². The van der Waals surface area contributed by atoms with Crippen LogP contribution in [0.25, 0.3) is 5.78 Å². The molecule has 0 saturated carbocycles. The topological polar surface area (TPSA) is 69.1 Å². The maximum atomic E-state index is 6.24. The lowest BCUT2D eigenvalue weighted by Crippen LogP contribution is -2.28. The summed E-state index contributed by atoms with van der Waals surface area (Å²) in [6.07, 6.45) is 0. The van der Waals surface area contributed by atoms with Gasteiger partial charge >= 0.3 is 0 Å². The van der Waals surface area contributed by atoms with Gasteiger partial charge in [0.1, 0.15) is 0 Å². The van der Waals surface area contributed by atoms with Crippen LogP contribution in [0.2, 0.25) is 0 Å². The van der Waals surface area contributed by atoms with Gasteiger partial charge in [-0.25, -0.2) is 4.98 Å². The van der Waals surface area contributed by atoms with Crippen LogP contribution in [-0.2, 0) is 0 Å². The van der Waals surface area contributed by atoms with Crippen molar-refractivity contribution in [1.82, 2.24) is 19.6 Å². The predicted octanol–water partition coefficient (Wildman–Crippen LogP) is 1.79. The van der Waals surface area contributed by atoms with Gasteiger partial charge in [0.15, 0.2) is 5.82 Å². The van der Waals surface area contributed by atoms with Crippen molar-refractivity contribution >= 4 is 5.78 Å². The van der Waals surface area contributed by atoms with Crippen LogP contribution >= 0.6 is 0 Å². The van der Waals surface area contributed by atoms with E-state index in [2.05, 4.69) is 36.0 Å². The fourth-order valence-corrected chi connectivity index (χ4v) is 1.84. The van der Waals surface area contributed by atoms with Crippen LogP contribution in [0.15, 0.2) is 6.07 Å². The molecule has 0 fully saturated rings. The standard InChI is InChI=1S/C12H19N5/c1-7-6-8(2)17-10(9(13)12(3,4)5)15-16-11(17)14-7/h6,9H,13H2,1-5H3. The number of rotatable bonds is 1. The quantitative estimate of drug-likeness (QED) is 0.815. The number of fused-ring (bicyclic) bond motifs is 1. The second-order valence-electron chi connectivity index (χ2n) is 5.58. The normalized spacial score (nSPS) is 14.2. The van der Waals surface area contributed by atoms with Crippen molar-refractivity contribution in [3.63, 3.8) is 0 Å². The third-order valence-corrected chi connectivity index (χ3v) is 2.93. The molecule has 5 nitrogen and oxygen atoms in total. The van der Waals surface area contributed by atoms with E-state index >= 15 is 0 Å². The minimum absolute atomic E-state index is 0.0553. The van der Waals surface area contributed by atoms with Crippen LogP contribution in [0, 0.1) is 19.3 Å². The molecule has 17 heavy (non-hydrogen) atoms. The number of nitrogens with zero attached hydrogens (tertiary/aromatic N) is 4. The van der Waals surface area contributed by atoms with Crippen molar-refractivity contribution in [1.29, 1.82) is 0 Å². The molecule has 92 valence electrons. The first-order valence-electron chi connectivity index (χ1n) is 5.75. The lowest BCUT2D eigenvalue weighted by Gasteiger charge is -2.25. The van der Waals surface area contributed by atoms with Crippen molar-refractivity contribution in [2.45, 2.75) is 40.7 Å². The Balaban J connectivity index is 2.65. The van der Waals surface area contributed by atoms with Crippen molar-refractivity contribution in [2.24, 2.45) is 11.1 Å². The molecule has 0 spiro atoms. The molecule has 0 aliphatic carbocycles. The van der Waals surface area contributed by atoms with Crippen LogP contribution in [0.4, 0.5) is 0 Å². The van der Waals surface area contributed by atoms with Crippen molar-refractivity contribution in [3.8, 4) is 0 Å². The molecule has 0 aromatic carbocycles. The number of aryl methyl sites for hydroxylation is 2. The molecular weight excluding hydrogens is 214 g/mol. The average Bonchev–Trinajstić information content (AvgIpc) is 2.58. The van der Waals surface area contributed by atoms with E-state index in [4.69, 9.17) is 5.73 Å². The Morgan fingerprint density at radius 3 is 2.47 bits per heavy atom. The van der Waals surface area contributed by atoms with Gasteiger partial charge in [-0.15, -0.1) is 10.2 Å². The monoisotopic (exact) mass is 233 g/mol. The van der Waals surface area contributed by atoms with E-state index in [1.54, 1.807) is 0 Å². The first-order chi connectivity index (χ1) is 7.80. The number of nitrogens with two attached hydrogens (primary N) is 1. The first-order valence-corrected chi connectivity index (χ1v) is 5.75. The number of hydrogen-bond donors (Lipinski definition) is 1. The lowest BCUT2D eigenvalue weighted by molar-refractivity contribution is 0.313. The van der Waals surface area contributed by atoms with Gasteiger partial charge in [-0.1, -0.05) is 20.8 Å². The highest BCUT2D eigenvalue weighted by atomic mass is 15.3. The molecule has 0 radical (unpaired) electrons. The highest BCUT2D eigenvalue weighted by molar-refractivity contribution is 5.33. The number of aromatic nitrogens is 4. The summed E-state index contributed by atoms with van der Waals surface area (Å²) < 4.78 is 1.93. The first kappa shape index (κ1) is 12.0. The maximum Gasteiger partial charge on any atom is 0.255 e. The molecule has 2 heterocycles. The highest BCUT2D eigenvalue weighted by Gasteiger charge is 2.27. The van der Waals surface area contributed by atoms with E-state index in [9.17, 15) is 0 Å². The molecule has 0 saturated heterocycles. The van der Waals surface area contributed by atoms with Crippen LogP contribution in [0.5, 0.6) is 0 Å². The van der Waals surface area contributed by atoms with Gasteiger partial charge in [-0.3, -0.25) is 4.40 Å². The molecule has 1 atom stereocenters. The molecule has 0 amide bonds. The summed E-state index contributed by atoms with van der Waals surface area (Å²) in [4.78, 5) is 4.36. The van der Waals surface area contributed by atoms with Gasteiger partial charge in [0.25, 0.3) is 5.78 Å². The lowest BCUT2D eigenvalue weighted by atomic mass is 9.87. The molecule has 2 rings (SSSR count). The third-order valence-electron chi connectivity index (χ3n) is 2.93. The molecule has 5 heteroatoms. The largest absolute Gasteiger partial charge is 0.321 e. The average molecular weight is 233 g/mol. The zero-order valence-electron chi connectivity index (χ0n) is 11.0. The minimum atomic E-state index is -0.166. The highest BCUT2D eigenvalue weighted by Crippen LogP contribution is 2.29. The Morgan fingerprint density at radius 2 is 1.88 bits per heavy atom. The fraction of sp³-hybridized carbons (Fsp3) is 0.583. The van der Waals surface area contributed by atoms with Gasteiger partial charge in [0, 0.05) is 11.4 Å². The van der Waals surface area contributed by atoms with E-state index < -0.39 is 0 Å². The second kappa shape index (κ2) is 3.77. The molecule has 2 N–H and O–H groups in total. The van der Waals surface area contributed by atoms with E-state index in [1.807, 2.05) is 24.3 Å². The van der Waals surface area contributed by atoms with Crippen LogP contribution in [0.3, 0.4) is 0 Å². The molecule has 0 bridgehead atoms. The molecule has 1 unspecified atom stereocenters. The SMILES string of the molecule is Cc1cc(C)n2c(C(N)C(C)(C)C)nnc2n1. The predicted molar refractivity (Wildman–Crippen MR) is 66.6 cm³/mol. The molecule has 2 aromatic rings. The molecule has 2 aromatic heterocycles. The van der Waals surface area contributed by atoms with Crippen LogP contribution in [-0.4, -0.2) is 19.6 Å². The van der Waals surface area contributed by atoms with Crippen molar-refractivity contribution < 1.29 is 0 Å². The van der Waals surface area contributed by atoms with E-state index in [0.717, 1.165) is 17.2 Å². The summed E-state index contributed by atoms with van der Waals surface area (Å²) in [5, 5.41) is 8.29. The Kier molecular flexibility index (Phi) is 2.66. The molecule has 0 aliphatic heterocycles. The second-order valence-corrected chi connectivity index (χ2v) is 5.58. The zero-order chi connectivity index (χ0) is 12.8. The summed E-state index contributed by atoms with van der Waals surface area (Å²) in [6, 6.07) is 1.84. The molecule has 0 aliphatic rings. The summed E-state index contributed by atoms with van der Waals surface area (Å²) in [7, 11) is 0. The number of hydrogen-bond acceptors (Lipinski definition) is 4. The molecular formula is C12H19N5. The summed E-state index contributed by atoms with van der Waals surface area (Å²) in [5.41, 5.74) is 8.19. The Morgan fingerprint density at radius 1 is 1.24 bits per heavy atom. The third kappa shape index (κ3) is 2.02. The van der Waals surface area contributed by atoms with Gasteiger partial charge < -0.3 is 5.73 Å². The van der Waals surface area contributed by atoms with Crippen molar-refractivity contribution in [2.75, 3.05) is 0 Å². The van der Waals surface area contributed by atoms with Gasteiger partial charge in [0.2, 0.25) is 0 Å². The summed E-state index contributed by atoms with van der Waals surface area (Å²) in [5.74, 6) is 1.40. The van der Waals surface area contributed by atoms with E-state index in [0.29, 0.717) is 5.78 Å². The zero-order valence-corrected chi connectivity index (χ0v) is 11.0. The Bertz CT molecular complexity index is 550. The van der Waals surface area contributed by atoms with Crippen LogP contribution in [0.1, 0.15) is 44.0 Å². The summed E-state index contributed by atoms with van der Waals surface area (Å²) in [6.45, 7) is 10.2. The van der Waals surface area contributed by atoms with Gasteiger partial charge in [-0.2, -0.15) is 0 Å². The summed E-state index contributed by atoms with van der Waals surface area (Å²) >= 11 is 0. The minimum Gasteiger partial charge on any atom is -0.321 e.